The SMILES string of the molecule is [CH2]c1cc(C)c([CH2])cc1C. The zero-order chi connectivity index (χ0) is 7.72. The molecule has 1 aromatic carbocycles. The van der Waals surface area contributed by atoms with Crippen molar-refractivity contribution in [2.75, 3.05) is 0 Å². The number of aryl methyl sites for hydroxylation is 2. The van der Waals surface area contributed by atoms with E-state index in [0.717, 1.165) is 11.1 Å². The van der Waals surface area contributed by atoms with Crippen LogP contribution in [-0.2, 0) is 0 Å². The summed E-state index contributed by atoms with van der Waals surface area (Å²) in [6.45, 7) is 11.9. The van der Waals surface area contributed by atoms with Crippen LogP contribution in [0.2, 0.25) is 0 Å². The van der Waals surface area contributed by atoms with Crippen molar-refractivity contribution in [1.29, 1.82) is 0 Å². The summed E-state index contributed by atoms with van der Waals surface area (Å²) in [6.07, 6.45) is 0. The number of hydrogen-bond donors (Lipinski definition) is 0. The van der Waals surface area contributed by atoms with Gasteiger partial charge in [-0.3, -0.25) is 0 Å². The molecule has 1 rings (SSSR count). The van der Waals surface area contributed by atoms with Crippen LogP contribution < -0.4 is 0 Å². The molecule has 0 heterocycles. The maximum Gasteiger partial charge on any atom is -0.0235 e. The van der Waals surface area contributed by atoms with E-state index in [4.69, 9.17) is 0 Å². The van der Waals surface area contributed by atoms with Gasteiger partial charge in [-0.2, -0.15) is 0 Å². The van der Waals surface area contributed by atoms with Gasteiger partial charge in [0.25, 0.3) is 0 Å². The quantitative estimate of drug-likeness (QED) is 0.509. The van der Waals surface area contributed by atoms with Gasteiger partial charge in [0, 0.05) is 0 Å². The Balaban J connectivity index is 3.28. The largest absolute Gasteiger partial charge is 0.0556 e. The lowest BCUT2D eigenvalue weighted by Gasteiger charge is -2.03. The van der Waals surface area contributed by atoms with Gasteiger partial charge in [0.2, 0.25) is 0 Å². The minimum absolute atomic E-state index is 1.10. The van der Waals surface area contributed by atoms with Gasteiger partial charge in [-0.15, -0.1) is 0 Å². The minimum Gasteiger partial charge on any atom is -0.0556 e. The molecule has 0 bridgehead atoms. The second kappa shape index (κ2) is 2.45. The molecule has 0 fully saturated rings. The van der Waals surface area contributed by atoms with Gasteiger partial charge in [0.05, 0.1) is 0 Å². The van der Waals surface area contributed by atoms with Crippen molar-refractivity contribution in [2.24, 2.45) is 0 Å². The standard InChI is InChI=1S/C10H12/c1-7-5-9(3)10(4)6-8(7)2/h5-6H,1,4H2,2-3H3. The summed E-state index contributed by atoms with van der Waals surface area (Å²) in [4.78, 5) is 0. The highest BCUT2D eigenvalue weighted by Crippen LogP contribution is 2.13. The summed E-state index contributed by atoms with van der Waals surface area (Å²) in [7, 11) is 0. The zero-order valence-electron chi connectivity index (χ0n) is 6.57. The first kappa shape index (κ1) is 7.33. The average molecular weight is 132 g/mol. The van der Waals surface area contributed by atoms with Gasteiger partial charge in [0.1, 0.15) is 0 Å². The van der Waals surface area contributed by atoms with Crippen LogP contribution in [-0.4, -0.2) is 0 Å². The Kier molecular flexibility index (Phi) is 1.80. The number of rotatable bonds is 0. The normalized spacial score (nSPS) is 10.0. The molecule has 0 unspecified atom stereocenters. The molecule has 0 spiro atoms. The van der Waals surface area contributed by atoms with Crippen LogP contribution in [0.3, 0.4) is 0 Å². The van der Waals surface area contributed by atoms with Gasteiger partial charge in [-0.25, -0.2) is 0 Å². The van der Waals surface area contributed by atoms with Crippen molar-refractivity contribution in [3.05, 3.63) is 48.2 Å². The van der Waals surface area contributed by atoms with Crippen LogP contribution in [0, 0.1) is 27.7 Å². The highest BCUT2D eigenvalue weighted by molar-refractivity contribution is 5.39. The summed E-state index contributed by atoms with van der Waals surface area (Å²) in [6, 6.07) is 4.13. The van der Waals surface area contributed by atoms with Gasteiger partial charge in [-0.05, 0) is 49.9 Å². The lowest BCUT2D eigenvalue weighted by molar-refractivity contribution is 1.32. The van der Waals surface area contributed by atoms with Crippen LogP contribution in [0.5, 0.6) is 0 Å². The smallest absolute Gasteiger partial charge is 0.0235 e. The van der Waals surface area contributed by atoms with Gasteiger partial charge < -0.3 is 0 Å². The lowest BCUT2D eigenvalue weighted by atomic mass is 10.0. The second-order valence-electron chi connectivity index (χ2n) is 2.71. The van der Waals surface area contributed by atoms with E-state index in [1.54, 1.807) is 0 Å². The van der Waals surface area contributed by atoms with E-state index < -0.39 is 0 Å². The highest BCUT2D eigenvalue weighted by Gasteiger charge is 1.95. The summed E-state index contributed by atoms with van der Waals surface area (Å²) in [5.74, 6) is 0. The molecule has 0 N–H and O–H groups in total. The molecular weight excluding hydrogens is 120 g/mol. The van der Waals surface area contributed by atoms with Crippen LogP contribution >= 0.6 is 0 Å². The third-order valence-electron chi connectivity index (χ3n) is 1.79. The number of hydrogen-bond acceptors (Lipinski definition) is 0. The summed E-state index contributed by atoms with van der Waals surface area (Å²) in [5.41, 5.74) is 4.64. The summed E-state index contributed by atoms with van der Waals surface area (Å²) >= 11 is 0. The van der Waals surface area contributed by atoms with E-state index in [1.807, 2.05) is 0 Å². The summed E-state index contributed by atoms with van der Waals surface area (Å²) < 4.78 is 0. The van der Waals surface area contributed by atoms with Crippen LogP contribution in [0.15, 0.2) is 12.1 Å². The van der Waals surface area contributed by atoms with Gasteiger partial charge in [-0.1, -0.05) is 12.1 Å². The molecule has 10 heavy (non-hydrogen) atoms. The fraction of sp³-hybridized carbons (Fsp3) is 0.200. The van der Waals surface area contributed by atoms with Crippen molar-refractivity contribution in [3.63, 3.8) is 0 Å². The van der Waals surface area contributed by atoms with Crippen molar-refractivity contribution in [1.82, 2.24) is 0 Å². The molecule has 0 saturated carbocycles. The average Bonchev–Trinajstić information content (AvgIpc) is 1.84. The third kappa shape index (κ3) is 1.21. The first-order chi connectivity index (χ1) is 4.61. The lowest BCUT2D eigenvalue weighted by Crippen LogP contribution is -1.86. The fourth-order valence-corrected chi connectivity index (χ4v) is 0.936. The van der Waals surface area contributed by atoms with E-state index >= 15 is 0 Å². The molecule has 0 aromatic heterocycles. The predicted molar refractivity (Wildman–Crippen MR) is 44.8 cm³/mol. The Morgan fingerprint density at radius 2 is 1.20 bits per heavy atom. The third-order valence-corrected chi connectivity index (χ3v) is 1.79. The molecule has 0 aliphatic carbocycles. The molecule has 0 aliphatic heterocycles. The van der Waals surface area contributed by atoms with Crippen molar-refractivity contribution in [2.45, 2.75) is 13.8 Å². The van der Waals surface area contributed by atoms with Gasteiger partial charge in [0.15, 0.2) is 0 Å². The van der Waals surface area contributed by atoms with E-state index in [0.29, 0.717) is 0 Å². The topological polar surface area (TPSA) is 0 Å². The van der Waals surface area contributed by atoms with Crippen LogP contribution in [0.4, 0.5) is 0 Å². The Morgan fingerprint density at radius 1 is 0.900 bits per heavy atom. The van der Waals surface area contributed by atoms with Gasteiger partial charge >= 0.3 is 0 Å². The molecule has 0 heteroatoms. The molecule has 1 aromatic rings. The Bertz CT molecular complexity index is 196. The molecule has 0 amide bonds. The minimum atomic E-state index is 1.10. The second-order valence-corrected chi connectivity index (χ2v) is 2.71. The summed E-state index contributed by atoms with van der Waals surface area (Å²) in [5, 5.41) is 0. The molecule has 0 aliphatic rings. The fourth-order valence-electron chi connectivity index (χ4n) is 0.936. The molecule has 0 saturated heterocycles. The maximum atomic E-state index is 3.89. The Labute approximate surface area is 62.9 Å². The van der Waals surface area contributed by atoms with Crippen LogP contribution in [0.1, 0.15) is 22.3 Å². The first-order valence-corrected chi connectivity index (χ1v) is 3.36. The Hall–Kier alpha value is -0.780. The molecule has 2 radical (unpaired) electrons. The monoisotopic (exact) mass is 132 g/mol. The zero-order valence-corrected chi connectivity index (χ0v) is 6.57. The first-order valence-electron chi connectivity index (χ1n) is 3.36. The molecule has 52 valence electrons. The molecule has 0 nitrogen and oxygen atoms in total. The van der Waals surface area contributed by atoms with Crippen molar-refractivity contribution >= 4 is 0 Å². The predicted octanol–water partition coefficient (Wildman–Crippen LogP) is 2.67. The number of benzene rings is 1. The van der Waals surface area contributed by atoms with Crippen molar-refractivity contribution < 1.29 is 0 Å². The van der Waals surface area contributed by atoms with Crippen molar-refractivity contribution in [3.8, 4) is 0 Å². The highest BCUT2D eigenvalue weighted by atomic mass is 14.0. The Morgan fingerprint density at radius 3 is 1.50 bits per heavy atom. The molecular formula is C10H12. The van der Waals surface area contributed by atoms with Crippen LogP contribution in [0.25, 0.3) is 0 Å². The van der Waals surface area contributed by atoms with E-state index in [9.17, 15) is 0 Å². The maximum absolute atomic E-state index is 3.89. The van der Waals surface area contributed by atoms with E-state index in [2.05, 4.69) is 39.8 Å². The molecule has 0 atom stereocenters. The van der Waals surface area contributed by atoms with E-state index in [1.165, 1.54) is 11.1 Å². The van der Waals surface area contributed by atoms with E-state index in [-0.39, 0.29) is 0 Å².